The lowest BCUT2D eigenvalue weighted by atomic mass is 10.0. The van der Waals surface area contributed by atoms with E-state index in [1.54, 1.807) is 0 Å². The molecule has 5 nitrogen and oxygen atoms in total. The minimum absolute atomic E-state index is 0.0114. The van der Waals surface area contributed by atoms with Crippen molar-refractivity contribution in [3.8, 4) is 0 Å². The average molecular weight is 257 g/mol. The smallest absolute Gasteiger partial charge is 0.239 e. The van der Waals surface area contributed by atoms with E-state index in [0.29, 0.717) is 5.92 Å². The van der Waals surface area contributed by atoms with Crippen molar-refractivity contribution in [3.05, 3.63) is 0 Å². The number of rotatable bonds is 7. The zero-order chi connectivity index (χ0) is 14.3. The first-order valence-corrected chi connectivity index (χ1v) is 6.62. The lowest BCUT2D eigenvalue weighted by Crippen LogP contribution is -2.49. The topological polar surface area (TPSA) is 84.2 Å². The number of carbonyl (C=O) groups excluding carboxylic acids is 2. The zero-order valence-electron chi connectivity index (χ0n) is 12.1. The molecule has 0 saturated carbocycles. The Balaban J connectivity index is 4.07. The summed E-state index contributed by atoms with van der Waals surface area (Å²) >= 11 is 0. The van der Waals surface area contributed by atoms with E-state index < -0.39 is 6.04 Å². The first kappa shape index (κ1) is 16.9. The summed E-state index contributed by atoms with van der Waals surface area (Å²) in [4.78, 5) is 23.2. The van der Waals surface area contributed by atoms with Crippen molar-refractivity contribution in [2.45, 2.75) is 53.1 Å². The van der Waals surface area contributed by atoms with Crippen LogP contribution >= 0.6 is 0 Å². The first-order valence-electron chi connectivity index (χ1n) is 6.62. The van der Waals surface area contributed by atoms with Crippen LogP contribution in [0.4, 0.5) is 0 Å². The van der Waals surface area contributed by atoms with Gasteiger partial charge in [-0.2, -0.15) is 0 Å². The fourth-order valence-electron chi connectivity index (χ4n) is 1.59. The second-order valence-electron chi connectivity index (χ2n) is 5.31. The second kappa shape index (κ2) is 8.08. The maximum Gasteiger partial charge on any atom is 0.239 e. The Labute approximate surface area is 110 Å². The summed E-state index contributed by atoms with van der Waals surface area (Å²) in [6.45, 7) is 9.87. The number of nitrogens with two attached hydrogens (primary N) is 1. The van der Waals surface area contributed by atoms with Crippen LogP contribution in [0.15, 0.2) is 0 Å². The highest BCUT2D eigenvalue weighted by Gasteiger charge is 2.19. The molecule has 5 heteroatoms. The molecule has 0 heterocycles. The second-order valence-corrected chi connectivity index (χ2v) is 5.31. The van der Waals surface area contributed by atoms with Gasteiger partial charge in [-0.15, -0.1) is 0 Å². The van der Waals surface area contributed by atoms with Gasteiger partial charge in [0.05, 0.1) is 12.6 Å². The summed E-state index contributed by atoms with van der Waals surface area (Å²) in [7, 11) is 0. The Bertz CT molecular complexity index is 277. The number of carbonyl (C=O) groups is 2. The average Bonchev–Trinajstić information content (AvgIpc) is 2.31. The highest BCUT2D eigenvalue weighted by Crippen LogP contribution is 2.04. The number of hydrogen-bond donors (Lipinski definition) is 3. The lowest BCUT2D eigenvalue weighted by Gasteiger charge is -2.21. The third-order valence-corrected chi connectivity index (χ3v) is 3.04. The van der Waals surface area contributed by atoms with Crippen molar-refractivity contribution in [1.82, 2.24) is 10.6 Å². The molecule has 18 heavy (non-hydrogen) atoms. The Kier molecular flexibility index (Phi) is 7.59. The molecule has 0 aromatic heterocycles. The highest BCUT2D eigenvalue weighted by molar-refractivity contribution is 5.87. The van der Waals surface area contributed by atoms with Gasteiger partial charge in [-0.25, -0.2) is 0 Å². The Hall–Kier alpha value is -1.10. The van der Waals surface area contributed by atoms with Gasteiger partial charge in [-0.3, -0.25) is 9.59 Å². The van der Waals surface area contributed by atoms with E-state index in [2.05, 4.69) is 24.5 Å². The molecule has 106 valence electrons. The van der Waals surface area contributed by atoms with Crippen LogP contribution in [0.5, 0.6) is 0 Å². The Morgan fingerprint density at radius 2 is 1.67 bits per heavy atom. The van der Waals surface area contributed by atoms with E-state index in [0.717, 1.165) is 6.42 Å². The summed E-state index contributed by atoms with van der Waals surface area (Å²) in [6, 6.07) is -0.418. The third kappa shape index (κ3) is 6.00. The van der Waals surface area contributed by atoms with E-state index in [1.165, 1.54) is 0 Å². The zero-order valence-corrected chi connectivity index (χ0v) is 12.1. The molecule has 0 saturated heterocycles. The monoisotopic (exact) mass is 257 g/mol. The van der Waals surface area contributed by atoms with Gasteiger partial charge in [0.15, 0.2) is 0 Å². The summed E-state index contributed by atoms with van der Waals surface area (Å²) in [5.41, 5.74) is 5.68. The van der Waals surface area contributed by atoms with Crippen molar-refractivity contribution in [2.24, 2.45) is 17.6 Å². The maximum absolute atomic E-state index is 11.6. The Morgan fingerprint density at radius 1 is 1.11 bits per heavy atom. The molecule has 0 bridgehead atoms. The molecule has 2 amide bonds. The summed E-state index contributed by atoms with van der Waals surface area (Å²) in [5, 5.41) is 5.45. The fraction of sp³-hybridized carbons (Fsp3) is 0.846. The van der Waals surface area contributed by atoms with Gasteiger partial charge in [-0.05, 0) is 18.3 Å². The molecule has 0 fully saturated rings. The summed E-state index contributed by atoms with van der Waals surface area (Å²) in [6.07, 6.45) is 0.878. The van der Waals surface area contributed by atoms with Crippen LogP contribution in [0.3, 0.4) is 0 Å². The van der Waals surface area contributed by atoms with E-state index in [1.807, 2.05) is 20.8 Å². The molecule has 0 rings (SSSR count). The van der Waals surface area contributed by atoms with Crippen LogP contribution in [0.2, 0.25) is 0 Å². The van der Waals surface area contributed by atoms with Gasteiger partial charge in [-0.1, -0.05) is 34.6 Å². The van der Waals surface area contributed by atoms with Crippen LogP contribution < -0.4 is 16.4 Å². The standard InChI is InChI=1S/C13H27N3O2/c1-6-10(8(2)3)16-11(17)7-15-13(18)12(14)9(4)5/h8-10,12H,6-7,14H2,1-5H3,(H,15,18)(H,16,17)/t10?,12-/m0/s1. The van der Waals surface area contributed by atoms with Gasteiger partial charge in [0.2, 0.25) is 11.8 Å². The van der Waals surface area contributed by atoms with Crippen molar-refractivity contribution >= 4 is 11.8 Å². The molecule has 0 radical (unpaired) electrons. The quantitative estimate of drug-likeness (QED) is 0.625. The van der Waals surface area contributed by atoms with Gasteiger partial charge in [0.1, 0.15) is 0 Å². The molecular weight excluding hydrogens is 230 g/mol. The van der Waals surface area contributed by atoms with Crippen LogP contribution in [-0.2, 0) is 9.59 Å². The maximum atomic E-state index is 11.6. The molecule has 0 spiro atoms. The third-order valence-electron chi connectivity index (χ3n) is 3.04. The minimum atomic E-state index is -0.565. The highest BCUT2D eigenvalue weighted by atomic mass is 16.2. The SMILES string of the molecule is CCC(NC(=O)CNC(=O)[C@@H](N)C(C)C)C(C)C. The van der Waals surface area contributed by atoms with Crippen LogP contribution in [-0.4, -0.2) is 30.4 Å². The van der Waals surface area contributed by atoms with Gasteiger partial charge in [0, 0.05) is 6.04 Å². The first-order chi connectivity index (χ1) is 8.29. The van der Waals surface area contributed by atoms with E-state index >= 15 is 0 Å². The fourth-order valence-corrected chi connectivity index (χ4v) is 1.59. The minimum Gasteiger partial charge on any atom is -0.352 e. The van der Waals surface area contributed by atoms with Crippen LogP contribution in [0, 0.1) is 11.8 Å². The van der Waals surface area contributed by atoms with E-state index in [4.69, 9.17) is 5.73 Å². The number of amides is 2. The van der Waals surface area contributed by atoms with Crippen molar-refractivity contribution in [3.63, 3.8) is 0 Å². The summed E-state index contributed by atoms with van der Waals surface area (Å²) < 4.78 is 0. The van der Waals surface area contributed by atoms with Crippen molar-refractivity contribution < 1.29 is 9.59 Å². The summed E-state index contributed by atoms with van der Waals surface area (Å²) in [5.74, 6) is -0.00251. The molecule has 2 atom stereocenters. The molecule has 0 aromatic rings. The predicted molar refractivity (Wildman–Crippen MR) is 72.9 cm³/mol. The van der Waals surface area contributed by atoms with E-state index in [9.17, 15) is 9.59 Å². The molecule has 4 N–H and O–H groups in total. The molecule has 0 aliphatic rings. The lowest BCUT2D eigenvalue weighted by molar-refractivity contribution is -0.127. The molecule has 0 aliphatic carbocycles. The normalized spacial score (nSPS) is 14.4. The van der Waals surface area contributed by atoms with E-state index in [-0.39, 0.29) is 30.3 Å². The van der Waals surface area contributed by atoms with Crippen LogP contribution in [0.1, 0.15) is 41.0 Å². The van der Waals surface area contributed by atoms with Gasteiger partial charge >= 0.3 is 0 Å². The number of nitrogens with one attached hydrogen (secondary N) is 2. The Morgan fingerprint density at radius 3 is 2.06 bits per heavy atom. The molecule has 0 aliphatic heterocycles. The van der Waals surface area contributed by atoms with Crippen LogP contribution in [0.25, 0.3) is 0 Å². The largest absolute Gasteiger partial charge is 0.352 e. The molecular formula is C13H27N3O2. The van der Waals surface area contributed by atoms with Gasteiger partial charge in [0.25, 0.3) is 0 Å². The molecule has 0 aromatic carbocycles. The van der Waals surface area contributed by atoms with Gasteiger partial charge < -0.3 is 16.4 Å². The van der Waals surface area contributed by atoms with Crippen molar-refractivity contribution in [1.29, 1.82) is 0 Å². The predicted octanol–water partition coefficient (Wildman–Crippen LogP) is 0.637. The van der Waals surface area contributed by atoms with Crippen molar-refractivity contribution in [2.75, 3.05) is 6.54 Å². The molecule has 1 unspecified atom stereocenters. The number of hydrogen-bond acceptors (Lipinski definition) is 3.